The molecule has 3 aromatic heterocycles. The molecule has 3 heterocycles. The van der Waals surface area contributed by atoms with E-state index in [1.54, 1.807) is 18.5 Å². The normalized spacial score (nSPS) is 11.0. The predicted octanol–water partition coefficient (Wildman–Crippen LogP) is 2.82. The molecule has 0 fully saturated rings. The number of pyridine rings is 2. The maximum absolute atomic E-state index is 5.66. The third kappa shape index (κ3) is 2.04. The van der Waals surface area contributed by atoms with Crippen molar-refractivity contribution in [2.45, 2.75) is 0 Å². The van der Waals surface area contributed by atoms with Crippen molar-refractivity contribution in [3.63, 3.8) is 0 Å². The van der Waals surface area contributed by atoms with Crippen LogP contribution < -0.4 is 5.73 Å². The molecule has 0 saturated carbocycles. The highest BCUT2D eigenvalue weighted by Crippen LogP contribution is 2.22. The van der Waals surface area contributed by atoms with Crippen molar-refractivity contribution >= 4 is 27.9 Å². The smallest absolute Gasteiger partial charge is 0.161 e. The van der Waals surface area contributed by atoms with E-state index < -0.39 is 0 Å². The zero-order chi connectivity index (χ0) is 14.2. The third-order valence-electron chi connectivity index (χ3n) is 3.31. The van der Waals surface area contributed by atoms with Crippen LogP contribution in [0.25, 0.3) is 33.3 Å². The van der Waals surface area contributed by atoms with Crippen LogP contribution in [0, 0.1) is 0 Å². The monoisotopic (exact) mass is 273 g/mol. The van der Waals surface area contributed by atoms with Gasteiger partial charge in [-0.3, -0.25) is 4.98 Å². The fourth-order valence-electron chi connectivity index (χ4n) is 2.26. The van der Waals surface area contributed by atoms with Crippen molar-refractivity contribution in [1.82, 2.24) is 19.9 Å². The number of nitrogens with two attached hydrogens (primary N) is 1. The Hall–Kier alpha value is -3.08. The van der Waals surface area contributed by atoms with Crippen molar-refractivity contribution in [1.29, 1.82) is 0 Å². The molecule has 4 rings (SSSR count). The fourth-order valence-corrected chi connectivity index (χ4v) is 2.26. The van der Waals surface area contributed by atoms with Gasteiger partial charge in [0.05, 0.1) is 22.9 Å². The number of aromatic nitrogens is 4. The Morgan fingerprint density at radius 1 is 0.810 bits per heavy atom. The van der Waals surface area contributed by atoms with E-state index in [1.165, 1.54) is 0 Å². The van der Waals surface area contributed by atoms with Gasteiger partial charge in [-0.15, -0.1) is 0 Å². The van der Waals surface area contributed by atoms with Gasteiger partial charge in [0.2, 0.25) is 0 Å². The molecule has 21 heavy (non-hydrogen) atoms. The van der Waals surface area contributed by atoms with Crippen LogP contribution >= 0.6 is 0 Å². The summed E-state index contributed by atoms with van der Waals surface area (Å²) in [5, 5.41) is 0.927. The van der Waals surface area contributed by atoms with Crippen LogP contribution in [-0.2, 0) is 0 Å². The van der Waals surface area contributed by atoms with Crippen LogP contribution in [-0.4, -0.2) is 19.9 Å². The molecule has 0 unspecified atom stereocenters. The van der Waals surface area contributed by atoms with Gasteiger partial charge in [0, 0.05) is 17.1 Å². The molecule has 0 spiro atoms. The Labute approximate surface area is 120 Å². The number of hydrogen-bond donors (Lipinski definition) is 1. The molecule has 0 atom stereocenters. The van der Waals surface area contributed by atoms with Crippen LogP contribution in [0.5, 0.6) is 0 Å². The van der Waals surface area contributed by atoms with Gasteiger partial charge < -0.3 is 5.73 Å². The Balaban J connectivity index is 1.89. The maximum atomic E-state index is 5.66. The molecule has 2 N–H and O–H groups in total. The van der Waals surface area contributed by atoms with E-state index in [1.807, 2.05) is 36.4 Å². The maximum Gasteiger partial charge on any atom is 0.161 e. The molecule has 5 nitrogen and oxygen atoms in total. The molecule has 0 radical (unpaired) electrons. The summed E-state index contributed by atoms with van der Waals surface area (Å²) in [7, 11) is 0. The molecule has 0 amide bonds. The Morgan fingerprint density at radius 3 is 2.57 bits per heavy atom. The van der Waals surface area contributed by atoms with Gasteiger partial charge in [-0.05, 0) is 30.3 Å². The summed E-state index contributed by atoms with van der Waals surface area (Å²) >= 11 is 0. The average molecular weight is 273 g/mol. The van der Waals surface area contributed by atoms with Crippen LogP contribution in [0.2, 0.25) is 0 Å². The minimum atomic E-state index is 0.466. The number of hydrogen-bond acceptors (Lipinski definition) is 5. The Bertz CT molecular complexity index is 965. The largest absolute Gasteiger partial charge is 0.384 e. The second kappa shape index (κ2) is 4.49. The number of fused-ring (bicyclic) bond motifs is 2. The van der Waals surface area contributed by atoms with E-state index in [9.17, 15) is 0 Å². The molecular formula is C16H11N5. The van der Waals surface area contributed by atoms with Gasteiger partial charge in [0.25, 0.3) is 0 Å². The van der Waals surface area contributed by atoms with Gasteiger partial charge in [0.1, 0.15) is 5.82 Å². The average Bonchev–Trinajstić information content (AvgIpc) is 2.54. The van der Waals surface area contributed by atoms with E-state index in [2.05, 4.69) is 19.9 Å². The summed E-state index contributed by atoms with van der Waals surface area (Å²) < 4.78 is 0. The minimum absolute atomic E-state index is 0.466. The quantitative estimate of drug-likeness (QED) is 0.577. The predicted molar refractivity (Wildman–Crippen MR) is 82.5 cm³/mol. The van der Waals surface area contributed by atoms with Crippen molar-refractivity contribution in [3.8, 4) is 11.3 Å². The van der Waals surface area contributed by atoms with E-state index in [0.717, 1.165) is 27.7 Å². The molecular weight excluding hydrogens is 262 g/mol. The van der Waals surface area contributed by atoms with Crippen molar-refractivity contribution < 1.29 is 0 Å². The van der Waals surface area contributed by atoms with Gasteiger partial charge >= 0.3 is 0 Å². The molecule has 100 valence electrons. The zero-order valence-corrected chi connectivity index (χ0v) is 11.1. The molecule has 0 aliphatic rings. The lowest BCUT2D eigenvalue weighted by Crippen LogP contribution is -1.93. The fraction of sp³-hybridized carbons (Fsp3) is 0. The van der Waals surface area contributed by atoms with E-state index in [-0.39, 0.29) is 0 Å². The second-order valence-corrected chi connectivity index (χ2v) is 4.75. The number of para-hydroxylation sites is 2. The lowest BCUT2D eigenvalue weighted by molar-refractivity contribution is 1.26. The first-order chi connectivity index (χ1) is 10.3. The molecule has 0 aliphatic carbocycles. The van der Waals surface area contributed by atoms with Gasteiger partial charge in [-0.1, -0.05) is 12.1 Å². The van der Waals surface area contributed by atoms with Gasteiger partial charge in [-0.25, -0.2) is 15.0 Å². The summed E-state index contributed by atoms with van der Waals surface area (Å²) in [4.78, 5) is 17.6. The van der Waals surface area contributed by atoms with Crippen molar-refractivity contribution in [3.05, 3.63) is 54.9 Å². The summed E-state index contributed by atoms with van der Waals surface area (Å²) in [5.41, 5.74) is 9.74. The standard InChI is InChI=1S/C16H11N5/c17-15-6-5-10-7-11(8-19-16(10)21-15)14-9-18-12-3-1-2-4-13(12)20-14/h1-9H,(H2,17,19,21). The Kier molecular flexibility index (Phi) is 2.50. The van der Waals surface area contributed by atoms with E-state index in [4.69, 9.17) is 5.73 Å². The number of nitrogen functional groups attached to an aromatic ring is 1. The van der Waals surface area contributed by atoms with Crippen LogP contribution in [0.15, 0.2) is 54.9 Å². The Morgan fingerprint density at radius 2 is 1.67 bits per heavy atom. The SMILES string of the molecule is Nc1ccc2cc(-c3cnc4ccccc4n3)cnc2n1. The molecule has 1 aromatic carbocycles. The van der Waals surface area contributed by atoms with Crippen molar-refractivity contribution in [2.75, 3.05) is 5.73 Å². The van der Waals surface area contributed by atoms with Gasteiger partial charge in [0.15, 0.2) is 5.65 Å². The summed E-state index contributed by atoms with van der Waals surface area (Å²) in [6.07, 6.45) is 3.50. The first kappa shape index (κ1) is 11.7. The molecule has 4 aromatic rings. The lowest BCUT2D eigenvalue weighted by atomic mass is 10.1. The number of anilines is 1. The van der Waals surface area contributed by atoms with E-state index in [0.29, 0.717) is 11.5 Å². The molecule has 5 heteroatoms. The number of rotatable bonds is 1. The van der Waals surface area contributed by atoms with E-state index >= 15 is 0 Å². The number of benzene rings is 1. The van der Waals surface area contributed by atoms with Crippen LogP contribution in [0.3, 0.4) is 0 Å². The van der Waals surface area contributed by atoms with Crippen molar-refractivity contribution in [2.24, 2.45) is 0 Å². The lowest BCUT2D eigenvalue weighted by Gasteiger charge is -2.04. The highest BCUT2D eigenvalue weighted by molar-refractivity contribution is 5.82. The molecule has 0 saturated heterocycles. The van der Waals surface area contributed by atoms with Crippen LogP contribution in [0.4, 0.5) is 5.82 Å². The van der Waals surface area contributed by atoms with Gasteiger partial charge in [-0.2, -0.15) is 0 Å². The highest BCUT2D eigenvalue weighted by Gasteiger charge is 2.05. The molecule has 0 bridgehead atoms. The minimum Gasteiger partial charge on any atom is -0.384 e. The summed E-state index contributed by atoms with van der Waals surface area (Å²) in [6, 6.07) is 13.5. The molecule has 0 aliphatic heterocycles. The summed E-state index contributed by atoms with van der Waals surface area (Å²) in [6.45, 7) is 0. The third-order valence-corrected chi connectivity index (χ3v) is 3.31. The topological polar surface area (TPSA) is 77.6 Å². The van der Waals surface area contributed by atoms with Crippen LogP contribution in [0.1, 0.15) is 0 Å². The second-order valence-electron chi connectivity index (χ2n) is 4.75. The first-order valence-corrected chi connectivity index (χ1v) is 6.54. The summed E-state index contributed by atoms with van der Waals surface area (Å²) in [5.74, 6) is 0.466. The highest BCUT2D eigenvalue weighted by atomic mass is 14.9. The first-order valence-electron chi connectivity index (χ1n) is 6.54. The zero-order valence-electron chi connectivity index (χ0n) is 11.1. The number of nitrogens with zero attached hydrogens (tertiary/aromatic N) is 4.